The van der Waals surface area contributed by atoms with Crippen molar-refractivity contribution in [1.29, 1.82) is 0 Å². The van der Waals surface area contributed by atoms with Crippen LogP contribution in [0.2, 0.25) is 10.0 Å². The molecule has 2 heterocycles. The number of carbonyl (C=O) groups excluding carboxylic acids is 2. The summed E-state index contributed by atoms with van der Waals surface area (Å²) in [6.45, 7) is 2.58. The number of benzene rings is 2. The lowest BCUT2D eigenvalue weighted by molar-refractivity contribution is -0.130. The second-order valence-corrected chi connectivity index (χ2v) is 8.92. The summed E-state index contributed by atoms with van der Waals surface area (Å²) in [5.74, 6) is -0.800. The van der Waals surface area contributed by atoms with E-state index in [0.29, 0.717) is 52.6 Å². The van der Waals surface area contributed by atoms with Gasteiger partial charge in [-0.3, -0.25) is 14.9 Å². The van der Waals surface area contributed by atoms with Crippen molar-refractivity contribution < 1.29 is 14.0 Å². The van der Waals surface area contributed by atoms with Gasteiger partial charge in [-0.25, -0.2) is 9.37 Å². The maximum absolute atomic E-state index is 13.0. The normalized spacial score (nSPS) is 13.8. The number of thiazole rings is 1. The Morgan fingerprint density at radius 2 is 1.75 bits per heavy atom. The number of hydrogen-bond acceptors (Lipinski definition) is 5. The van der Waals surface area contributed by atoms with E-state index in [9.17, 15) is 14.0 Å². The third-order valence-corrected chi connectivity index (χ3v) is 6.66. The first kappa shape index (κ1) is 22.5. The van der Waals surface area contributed by atoms with Gasteiger partial charge in [-0.1, -0.05) is 23.2 Å². The minimum Gasteiger partial charge on any atom is -0.368 e. The first-order valence-electron chi connectivity index (χ1n) is 9.88. The van der Waals surface area contributed by atoms with Crippen molar-refractivity contribution >= 4 is 57.2 Å². The number of carbonyl (C=O) groups is 2. The van der Waals surface area contributed by atoms with Crippen LogP contribution in [-0.4, -0.2) is 47.9 Å². The molecule has 2 amide bonds. The number of rotatable bonds is 5. The lowest BCUT2D eigenvalue weighted by Crippen LogP contribution is -2.49. The van der Waals surface area contributed by atoms with Crippen molar-refractivity contribution in [3.63, 3.8) is 0 Å². The van der Waals surface area contributed by atoms with Crippen LogP contribution >= 0.6 is 34.5 Å². The molecule has 3 aromatic rings. The van der Waals surface area contributed by atoms with E-state index in [4.69, 9.17) is 23.2 Å². The van der Waals surface area contributed by atoms with E-state index in [0.717, 1.165) is 5.69 Å². The van der Waals surface area contributed by atoms with Crippen molar-refractivity contribution in [3.8, 4) is 0 Å². The minimum atomic E-state index is -0.408. The van der Waals surface area contributed by atoms with Gasteiger partial charge in [0.1, 0.15) is 5.82 Å². The van der Waals surface area contributed by atoms with E-state index in [1.165, 1.54) is 35.6 Å². The van der Waals surface area contributed by atoms with Crippen LogP contribution in [0.1, 0.15) is 16.1 Å². The van der Waals surface area contributed by atoms with Gasteiger partial charge < -0.3 is 9.80 Å². The van der Waals surface area contributed by atoms with Gasteiger partial charge in [0.25, 0.3) is 5.91 Å². The summed E-state index contributed by atoms with van der Waals surface area (Å²) in [7, 11) is 0. The Balaban J connectivity index is 1.29. The molecule has 0 aliphatic carbocycles. The van der Waals surface area contributed by atoms with Crippen LogP contribution in [0, 0.1) is 5.82 Å². The molecule has 6 nitrogen and oxygen atoms in total. The largest absolute Gasteiger partial charge is 0.368 e. The van der Waals surface area contributed by atoms with Crippen molar-refractivity contribution in [1.82, 2.24) is 9.88 Å². The monoisotopic (exact) mass is 492 g/mol. The zero-order chi connectivity index (χ0) is 22.7. The van der Waals surface area contributed by atoms with Gasteiger partial charge in [0, 0.05) is 42.8 Å². The number of piperazine rings is 1. The summed E-state index contributed by atoms with van der Waals surface area (Å²) >= 11 is 13.3. The number of hydrogen-bond donors (Lipinski definition) is 1. The Labute approximate surface area is 198 Å². The number of nitrogens with one attached hydrogen (secondary N) is 1. The molecule has 1 aromatic heterocycles. The fourth-order valence-electron chi connectivity index (χ4n) is 3.38. The van der Waals surface area contributed by atoms with E-state index < -0.39 is 5.82 Å². The number of nitrogens with zero attached hydrogens (tertiary/aromatic N) is 3. The van der Waals surface area contributed by atoms with Crippen molar-refractivity contribution in [2.24, 2.45) is 0 Å². The molecule has 0 saturated carbocycles. The molecule has 4 rings (SSSR count). The molecule has 2 aromatic carbocycles. The predicted molar refractivity (Wildman–Crippen MR) is 125 cm³/mol. The summed E-state index contributed by atoms with van der Waals surface area (Å²) in [6.07, 6.45) is 0.162. The van der Waals surface area contributed by atoms with Crippen LogP contribution < -0.4 is 10.2 Å². The molecule has 1 aliphatic heterocycles. The Hall–Kier alpha value is -2.68. The molecule has 0 bridgehead atoms. The van der Waals surface area contributed by atoms with Crippen molar-refractivity contribution in [3.05, 3.63) is 75.0 Å². The molecule has 1 aliphatic rings. The second-order valence-electron chi connectivity index (χ2n) is 7.25. The predicted octanol–water partition coefficient (Wildman–Crippen LogP) is 4.73. The van der Waals surface area contributed by atoms with Crippen LogP contribution in [0.15, 0.2) is 47.8 Å². The van der Waals surface area contributed by atoms with Gasteiger partial charge in [0.05, 0.1) is 22.2 Å². The molecule has 0 atom stereocenters. The van der Waals surface area contributed by atoms with Gasteiger partial charge in [0.15, 0.2) is 5.13 Å². The van der Waals surface area contributed by atoms with E-state index in [-0.39, 0.29) is 18.2 Å². The van der Waals surface area contributed by atoms with Gasteiger partial charge in [0.2, 0.25) is 5.91 Å². The average molecular weight is 493 g/mol. The van der Waals surface area contributed by atoms with E-state index >= 15 is 0 Å². The van der Waals surface area contributed by atoms with E-state index in [1.807, 2.05) is 17.0 Å². The SMILES string of the molecule is O=C(Nc1nc(CC(=O)N2CCN(c3ccc(Cl)c(Cl)c3)CC2)cs1)c1ccc(F)cc1. The lowest BCUT2D eigenvalue weighted by atomic mass is 10.2. The smallest absolute Gasteiger partial charge is 0.257 e. The third-order valence-electron chi connectivity index (χ3n) is 5.11. The quantitative estimate of drug-likeness (QED) is 0.558. The third kappa shape index (κ3) is 5.38. The van der Waals surface area contributed by atoms with E-state index in [2.05, 4.69) is 15.2 Å². The van der Waals surface area contributed by atoms with Gasteiger partial charge in [-0.2, -0.15) is 0 Å². The summed E-state index contributed by atoms with van der Waals surface area (Å²) in [5.41, 5.74) is 1.91. The molecule has 10 heteroatoms. The fraction of sp³-hybridized carbons (Fsp3) is 0.227. The lowest BCUT2D eigenvalue weighted by Gasteiger charge is -2.36. The first-order valence-corrected chi connectivity index (χ1v) is 11.5. The zero-order valence-electron chi connectivity index (χ0n) is 16.9. The Morgan fingerprint density at radius 3 is 2.44 bits per heavy atom. The van der Waals surface area contributed by atoms with Gasteiger partial charge in [-0.15, -0.1) is 11.3 Å². The Bertz CT molecular complexity index is 1130. The second kappa shape index (κ2) is 9.85. The maximum atomic E-state index is 13.0. The van der Waals surface area contributed by atoms with Crippen LogP contribution in [0.4, 0.5) is 15.2 Å². The number of halogens is 3. The molecule has 0 unspecified atom stereocenters. The van der Waals surface area contributed by atoms with Crippen LogP contribution in [0.3, 0.4) is 0 Å². The first-order chi connectivity index (χ1) is 15.4. The summed E-state index contributed by atoms with van der Waals surface area (Å²) in [6, 6.07) is 10.8. The Kier molecular flexibility index (Phi) is 6.93. The zero-order valence-corrected chi connectivity index (χ0v) is 19.2. The Morgan fingerprint density at radius 1 is 1.03 bits per heavy atom. The molecule has 32 heavy (non-hydrogen) atoms. The molecule has 0 radical (unpaired) electrons. The average Bonchev–Trinajstić information content (AvgIpc) is 3.22. The highest BCUT2D eigenvalue weighted by atomic mass is 35.5. The highest BCUT2D eigenvalue weighted by molar-refractivity contribution is 7.14. The highest BCUT2D eigenvalue weighted by Crippen LogP contribution is 2.28. The molecule has 1 saturated heterocycles. The van der Waals surface area contributed by atoms with Gasteiger partial charge in [-0.05, 0) is 42.5 Å². The topological polar surface area (TPSA) is 65.5 Å². The van der Waals surface area contributed by atoms with Crippen molar-refractivity contribution in [2.75, 3.05) is 36.4 Å². The fourth-order valence-corrected chi connectivity index (χ4v) is 4.38. The molecular formula is C22H19Cl2FN4O2S. The van der Waals surface area contributed by atoms with Crippen LogP contribution in [0.5, 0.6) is 0 Å². The van der Waals surface area contributed by atoms with E-state index in [1.54, 1.807) is 11.4 Å². The van der Waals surface area contributed by atoms with Crippen LogP contribution in [0.25, 0.3) is 0 Å². The summed E-state index contributed by atoms with van der Waals surface area (Å²) in [5, 5.41) is 5.85. The minimum absolute atomic E-state index is 0.0134. The molecule has 0 spiro atoms. The number of anilines is 2. The number of amides is 2. The molecular weight excluding hydrogens is 474 g/mol. The molecule has 1 N–H and O–H groups in total. The van der Waals surface area contributed by atoms with Crippen LogP contribution in [-0.2, 0) is 11.2 Å². The van der Waals surface area contributed by atoms with Gasteiger partial charge >= 0.3 is 0 Å². The van der Waals surface area contributed by atoms with Crippen molar-refractivity contribution in [2.45, 2.75) is 6.42 Å². The highest BCUT2D eigenvalue weighted by Gasteiger charge is 2.22. The summed E-state index contributed by atoms with van der Waals surface area (Å²) < 4.78 is 13.0. The maximum Gasteiger partial charge on any atom is 0.257 e. The standard InChI is InChI=1S/C22H19Cl2FN4O2S/c23-18-6-5-17(12-19(18)24)28-7-9-29(10-8-28)20(30)11-16-13-32-22(26-16)27-21(31)14-1-3-15(25)4-2-14/h1-6,12-13H,7-11H2,(H,26,27,31). The number of aromatic nitrogens is 1. The summed E-state index contributed by atoms with van der Waals surface area (Å²) in [4.78, 5) is 33.2. The molecule has 1 fully saturated rings. The molecule has 166 valence electrons.